The van der Waals surface area contributed by atoms with Gasteiger partial charge < -0.3 is 30.0 Å². The summed E-state index contributed by atoms with van der Waals surface area (Å²) in [7, 11) is -6.98. The monoisotopic (exact) mass is 805 g/mol. The lowest BCUT2D eigenvalue weighted by Crippen LogP contribution is -2.37. The molecule has 0 bridgehead atoms. The fraction of sp³-hybridized carbons (Fsp3) is 0.382. The Morgan fingerprint density at radius 3 is 1.72 bits per heavy atom. The number of hydrogen-bond donors (Lipinski definition) is 2. The first kappa shape index (κ1) is 43.5. The average Bonchev–Trinajstić information content (AvgIpc) is 3.30. The maximum Gasteiger partial charge on any atom is 0.387 e. The van der Waals surface area contributed by atoms with Crippen LogP contribution in [-0.4, -0.2) is 89.9 Å². The molecule has 3 aromatic carbocycles. The quantitative estimate of drug-likeness (QED) is 0.149. The van der Waals surface area contributed by atoms with Crippen LogP contribution < -0.4 is 30.0 Å². The minimum atomic E-state index is -3.73. The van der Waals surface area contributed by atoms with Crippen LogP contribution >= 0.6 is 0 Å². The molecule has 1 heterocycles. The molecule has 3 N–H and O–H groups in total. The number of nitrogens with two attached hydrogens (primary N) is 1. The Morgan fingerprint density at radius 2 is 1.26 bits per heavy atom. The first-order valence-electron chi connectivity index (χ1n) is 16.0. The molecule has 54 heavy (non-hydrogen) atoms. The Labute approximate surface area is 309 Å². The number of amides is 3. The van der Waals surface area contributed by atoms with Crippen LogP contribution in [0, 0.1) is 0 Å². The van der Waals surface area contributed by atoms with Gasteiger partial charge in [0.25, 0.3) is 11.8 Å². The van der Waals surface area contributed by atoms with E-state index in [2.05, 4.69) is 14.8 Å². The topological polar surface area (TPSA) is 198 Å². The number of nitrogens with one attached hydrogen (secondary N) is 1. The molecule has 1 aliphatic heterocycles. The van der Waals surface area contributed by atoms with Crippen molar-refractivity contribution in [2.45, 2.75) is 46.1 Å². The van der Waals surface area contributed by atoms with Gasteiger partial charge >= 0.3 is 13.2 Å². The van der Waals surface area contributed by atoms with Gasteiger partial charge in [0.15, 0.2) is 23.0 Å². The van der Waals surface area contributed by atoms with Crippen LogP contribution in [0.15, 0.2) is 54.6 Å². The van der Waals surface area contributed by atoms with E-state index < -0.39 is 68.5 Å². The van der Waals surface area contributed by atoms with Crippen molar-refractivity contribution in [3.63, 3.8) is 0 Å². The lowest BCUT2D eigenvalue weighted by atomic mass is 10.1. The Bertz CT molecular complexity index is 2070. The Kier molecular flexibility index (Phi) is 14.8. The van der Waals surface area contributed by atoms with E-state index in [1.807, 2.05) is 0 Å². The molecular formula is C34H39F4N3O11S2. The highest BCUT2D eigenvalue weighted by Crippen LogP contribution is 2.39. The molecule has 14 nitrogen and oxygen atoms in total. The molecular weight excluding hydrogens is 767 g/mol. The van der Waals surface area contributed by atoms with E-state index in [-0.39, 0.29) is 64.3 Å². The molecule has 3 amide bonds. The van der Waals surface area contributed by atoms with Gasteiger partial charge in [0, 0.05) is 25.5 Å². The smallest absolute Gasteiger partial charge is 0.387 e. The van der Waals surface area contributed by atoms with Crippen molar-refractivity contribution in [1.29, 1.82) is 0 Å². The number of anilines is 1. The number of fused-ring (bicyclic) bond motifs is 1. The maximum atomic E-state index is 13.3. The Morgan fingerprint density at radius 1 is 0.759 bits per heavy atom. The van der Waals surface area contributed by atoms with Crippen molar-refractivity contribution in [2.75, 3.05) is 42.5 Å². The molecule has 1 aliphatic rings. The molecule has 0 aliphatic carbocycles. The van der Waals surface area contributed by atoms with Crippen molar-refractivity contribution in [1.82, 2.24) is 4.90 Å². The number of nitrogens with zero attached hydrogens (tertiary/aromatic N) is 1. The van der Waals surface area contributed by atoms with Gasteiger partial charge in [-0.05, 0) is 61.4 Å². The summed E-state index contributed by atoms with van der Waals surface area (Å²) in [6.45, 7) is -1.21. The molecule has 20 heteroatoms. The van der Waals surface area contributed by atoms with Crippen LogP contribution in [0.2, 0.25) is 0 Å². The van der Waals surface area contributed by atoms with Gasteiger partial charge in [-0.3, -0.25) is 19.3 Å². The van der Waals surface area contributed by atoms with Crippen LogP contribution in [-0.2, 0) is 24.5 Å². The molecule has 296 valence electrons. The standard InChI is InChI=1S/C22H22F2N2O7S.C12H17F2NO4S/c1-4-32-18-10-13(8-9-17(18)33-22(23)24)16(11-34(3,30)31)26-20(28)14-6-5-7-15(25-12(2)27)19(14)21(26)29;1-3-18-11-6-8(9(15)7-20(2,16)17)4-5-10(11)19-12(13)14/h5-10,16,22H,4,11H2,1-3H3,(H,25,27);4-6,9,12H,3,7,15H2,1-2H3. The second-order valence-electron chi connectivity index (χ2n) is 11.7. The minimum absolute atomic E-state index is 0.00237. The number of benzene rings is 3. The summed E-state index contributed by atoms with van der Waals surface area (Å²) < 4.78 is 116. The van der Waals surface area contributed by atoms with Crippen LogP contribution in [0.4, 0.5) is 23.2 Å². The number of halogens is 4. The number of imide groups is 1. The summed E-state index contributed by atoms with van der Waals surface area (Å²) in [5, 5.41) is 2.49. The molecule has 0 saturated carbocycles. The van der Waals surface area contributed by atoms with Crippen LogP contribution in [0.1, 0.15) is 64.7 Å². The van der Waals surface area contributed by atoms with Crippen molar-refractivity contribution in [2.24, 2.45) is 5.73 Å². The number of carbonyl (C=O) groups excluding carboxylic acids is 3. The largest absolute Gasteiger partial charge is 0.490 e. The zero-order valence-electron chi connectivity index (χ0n) is 29.7. The highest BCUT2D eigenvalue weighted by Gasteiger charge is 2.43. The first-order chi connectivity index (χ1) is 25.1. The van der Waals surface area contributed by atoms with E-state index in [1.165, 1.54) is 55.5 Å². The van der Waals surface area contributed by atoms with E-state index in [4.69, 9.17) is 15.2 Å². The number of alkyl halides is 4. The summed E-state index contributed by atoms with van der Waals surface area (Å²) in [4.78, 5) is 38.9. The fourth-order valence-corrected chi connectivity index (χ4v) is 7.08. The third-order valence-electron chi connectivity index (χ3n) is 7.29. The second kappa shape index (κ2) is 18.4. The molecule has 2 atom stereocenters. The van der Waals surface area contributed by atoms with Gasteiger partial charge in [-0.2, -0.15) is 17.6 Å². The highest BCUT2D eigenvalue weighted by molar-refractivity contribution is 7.90. The molecule has 3 aromatic rings. The van der Waals surface area contributed by atoms with Gasteiger partial charge in [0.1, 0.15) is 19.7 Å². The molecule has 4 rings (SSSR count). The zero-order chi connectivity index (χ0) is 40.5. The predicted molar refractivity (Wildman–Crippen MR) is 189 cm³/mol. The lowest BCUT2D eigenvalue weighted by Gasteiger charge is -2.27. The molecule has 0 aromatic heterocycles. The van der Waals surface area contributed by atoms with Crippen LogP contribution in [0.3, 0.4) is 0 Å². The lowest BCUT2D eigenvalue weighted by molar-refractivity contribution is -0.114. The molecule has 0 radical (unpaired) electrons. The second-order valence-corrected chi connectivity index (χ2v) is 16.1. The summed E-state index contributed by atoms with van der Waals surface area (Å²) in [6, 6.07) is 10.1. The van der Waals surface area contributed by atoms with Crippen molar-refractivity contribution < 1.29 is 67.7 Å². The Hall–Kier alpha value is -4.95. The number of sulfone groups is 2. The van der Waals surface area contributed by atoms with Crippen molar-refractivity contribution in [3.8, 4) is 23.0 Å². The summed E-state index contributed by atoms with van der Waals surface area (Å²) >= 11 is 0. The third kappa shape index (κ3) is 12.0. The Balaban J connectivity index is 0.000000334. The zero-order valence-corrected chi connectivity index (χ0v) is 31.3. The van der Waals surface area contributed by atoms with E-state index >= 15 is 0 Å². The summed E-state index contributed by atoms with van der Waals surface area (Å²) in [6.07, 6.45) is 2.02. The normalized spacial score (nSPS) is 13.9. The molecule has 0 spiro atoms. The molecule has 0 fully saturated rings. The van der Waals surface area contributed by atoms with Gasteiger partial charge in [-0.15, -0.1) is 0 Å². The van der Waals surface area contributed by atoms with E-state index in [0.29, 0.717) is 5.56 Å². The van der Waals surface area contributed by atoms with E-state index in [1.54, 1.807) is 13.8 Å². The number of ether oxygens (including phenoxy) is 4. The fourth-order valence-electron chi connectivity index (χ4n) is 5.32. The van der Waals surface area contributed by atoms with Crippen LogP contribution in [0.25, 0.3) is 0 Å². The molecule has 2 unspecified atom stereocenters. The minimum Gasteiger partial charge on any atom is -0.490 e. The SMILES string of the molecule is CCOc1cc(C(CS(C)(=O)=O)N2C(=O)c3cccc(NC(C)=O)c3C2=O)ccc1OC(F)F.CCOc1cc(C(N)CS(C)(=O)=O)ccc1OC(F)F. The van der Waals surface area contributed by atoms with Crippen molar-refractivity contribution in [3.05, 3.63) is 76.9 Å². The van der Waals surface area contributed by atoms with Gasteiger partial charge in [-0.25, -0.2) is 16.8 Å². The summed E-state index contributed by atoms with van der Waals surface area (Å²) in [5.74, 6) is -3.29. The maximum absolute atomic E-state index is 13.3. The summed E-state index contributed by atoms with van der Waals surface area (Å²) in [5.41, 5.74) is 6.45. The van der Waals surface area contributed by atoms with Gasteiger partial charge in [0.05, 0.1) is 47.6 Å². The molecule has 0 saturated heterocycles. The number of carbonyl (C=O) groups is 3. The highest BCUT2D eigenvalue weighted by atomic mass is 32.2. The van der Waals surface area contributed by atoms with Gasteiger partial charge in [0.2, 0.25) is 5.91 Å². The number of rotatable bonds is 16. The third-order valence-corrected chi connectivity index (χ3v) is 9.18. The van der Waals surface area contributed by atoms with E-state index in [9.17, 15) is 48.8 Å². The predicted octanol–water partition coefficient (Wildman–Crippen LogP) is 4.76. The van der Waals surface area contributed by atoms with Crippen LogP contribution in [0.5, 0.6) is 23.0 Å². The van der Waals surface area contributed by atoms with E-state index in [0.717, 1.165) is 23.5 Å². The van der Waals surface area contributed by atoms with Crippen molar-refractivity contribution >= 4 is 43.1 Å². The average molecular weight is 806 g/mol. The number of hydrogen-bond acceptors (Lipinski definition) is 12. The van der Waals surface area contributed by atoms with Gasteiger partial charge in [-0.1, -0.05) is 18.2 Å². The first-order valence-corrected chi connectivity index (χ1v) is 20.1.